The lowest BCUT2D eigenvalue weighted by molar-refractivity contribution is 0.0930. The zero-order valence-corrected chi connectivity index (χ0v) is 14.4. The molecule has 0 radical (unpaired) electrons. The first-order valence-corrected chi connectivity index (χ1v) is 7.73. The fourth-order valence-corrected chi connectivity index (χ4v) is 2.43. The number of ether oxygens (including phenoxy) is 1. The van der Waals surface area contributed by atoms with Gasteiger partial charge in [0.05, 0.1) is 18.7 Å². The van der Waals surface area contributed by atoms with E-state index in [0.717, 1.165) is 17.4 Å². The van der Waals surface area contributed by atoms with Crippen molar-refractivity contribution in [2.24, 2.45) is 0 Å². The molecule has 0 heterocycles. The van der Waals surface area contributed by atoms with E-state index in [4.69, 9.17) is 10.00 Å². The third kappa shape index (κ3) is 4.78. The monoisotopic (exact) mass is 341 g/mol. The van der Waals surface area contributed by atoms with Gasteiger partial charge in [-0.2, -0.15) is 5.26 Å². The Labute approximate surface area is 146 Å². The van der Waals surface area contributed by atoms with Gasteiger partial charge in [-0.25, -0.2) is 4.39 Å². The molecule has 1 unspecified atom stereocenters. The molecule has 25 heavy (non-hydrogen) atoms. The number of methoxy groups -OCH3 is 1. The molecule has 1 atom stereocenters. The molecule has 0 saturated carbocycles. The number of hydrogen-bond donors (Lipinski definition) is 1. The van der Waals surface area contributed by atoms with E-state index in [1.54, 1.807) is 13.2 Å². The highest BCUT2D eigenvalue weighted by molar-refractivity contribution is 5.94. The zero-order valence-electron chi connectivity index (χ0n) is 14.4. The molecule has 1 amide bonds. The first-order valence-electron chi connectivity index (χ1n) is 7.73. The first-order chi connectivity index (χ1) is 11.9. The van der Waals surface area contributed by atoms with Crippen LogP contribution in [-0.2, 0) is 0 Å². The van der Waals surface area contributed by atoms with Crippen LogP contribution in [0, 0.1) is 17.1 Å². The lowest BCUT2D eigenvalue weighted by atomic mass is 10.0. The smallest absolute Gasteiger partial charge is 0.251 e. The molecule has 6 heteroatoms. The quantitative estimate of drug-likeness (QED) is 0.877. The second kappa shape index (κ2) is 8.27. The third-order valence-corrected chi connectivity index (χ3v) is 3.72. The molecule has 0 spiro atoms. The van der Waals surface area contributed by atoms with Crippen molar-refractivity contribution < 1.29 is 13.9 Å². The molecular weight excluding hydrogens is 321 g/mol. The van der Waals surface area contributed by atoms with Gasteiger partial charge in [-0.15, -0.1) is 0 Å². The summed E-state index contributed by atoms with van der Waals surface area (Å²) in [6, 6.07) is 12.7. The number of benzene rings is 2. The van der Waals surface area contributed by atoms with Crippen LogP contribution in [0.25, 0.3) is 0 Å². The molecule has 130 valence electrons. The normalized spacial score (nSPS) is 11.7. The van der Waals surface area contributed by atoms with Gasteiger partial charge >= 0.3 is 0 Å². The van der Waals surface area contributed by atoms with Crippen LogP contribution >= 0.6 is 0 Å². The van der Waals surface area contributed by atoms with Crippen LogP contribution < -0.4 is 10.1 Å². The Morgan fingerprint density at radius 3 is 2.52 bits per heavy atom. The second-order valence-electron chi connectivity index (χ2n) is 5.87. The van der Waals surface area contributed by atoms with Crippen molar-refractivity contribution in [1.82, 2.24) is 10.2 Å². The summed E-state index contributed by atoms with van der Waals surface area (Å²) in [4.78, 5) is 14.5. The Morgan fingerprint density at radius 2 is 1.96 bits per heavy atom. The molecular formula is C19H20FN3O2. The molecule has 2 aromatic carbocycles. The van der Waals surface area contributed by atoms with Crippen LogP contribution in [0.4, 0.5) is 4.39 Å². The van der Waals surface area contributed by atoms with Crippen LogP contribution in [0.5, 0.6) is 5.75 Å². The Kier molecular flexibility index (Phi) is 6.09. The lowest BCUT2D eigenvalue weighted by Crippen LogP contribution is -2.35. The van der Waals surface area contributed by atoms with Crippen LogP contribution in [-0.4, -0.2) is 38.6 Å². The summed E-state index contributed by atoms with van der Waals surface area (Å²) in [5, 5.41) is 11.8. The van der Waals surface area contributed by atoms with E-state index in [0.29, 0.717) is 6.54 Å². The number of amides is 1. The van der Waals surface area contributed by atoms with Crippen molar-refractivity contribution >= 4 is 5.91 Å². The number of nitriles is 1. The minimum absolute atomic E-state index is 0.152. The molecule has 2 aromatic rings. The van der Waals surface area contributed by atoms with E-state index in [1.165, 1.54) is 12.1 Å². The first kappa shape index (κ1) is 18.4. The average Bonchev–Trinajstić information content (AvgIpc) is 2.61. The molecule has 5 nitrogen and oxygen atoms in total. The van der Waals surface area contributed by atoms with Crippen LogP contribution in [0.1, 0.15) is 27.5 Å². The molecule has 0 aromatic heterocycles. The Balaban J connectivity index is 2.23. The highest BCUT2D eigenvalue weighted by atomic mass is 19.1. The highest BCUT2D eigenvalue weighted by Gasteiger charge is 2.18. The van der Waals surface area contributed by atoms with Crippen LogP contribution in [0.2, 0.25) is 0 Å². The largest absolute Gasteiger partial charge is 0.497 e. The highest BCUT2D eigenvalue weighted by Crippen LogP contribution is 2.19. The van der Waals surface area contributed by atoms with E-state index < -0.39 is 5.82 Å². The predicted octanol–water partition coefficient (Wildman–Crippen LogP) is 2.74. The molecule has 0 saturated heterocycles. The van der Waals surface area contributed by atoms with Gasteiger partial charge in [0.25, 0.3) is 5.91 Å². The molecule has 0 bridgehead atoms. The number of nitrogens with zero attached hydrogens (tertiary/aromatic N) is 2. The van der Waals surface area contributed by atoms with E-state index in [-0.39, 0.29) is 23.1 Å². The van der Waals surface area contributed by atoms with Crippen molar-refractivity contribution in [2.45, 2.75) is 6.04 Å². The minimum Gasteiger partial charge on any atom is -0.497 e. The van der Waals surface area contributed by atoms with Crippen LogP contribution in [0.3, 0.4) is 0 Å². The average molecular weight is 341 g/mol. The maximum Gasteiger partial charge on any atom is 0.251 e. The minimum atomic E-state index is -0.640. The summed E-state index contributed by atoms with van der Waals surface area (Å²) in [7, 11) is 5.41. The van der Waals surface area contributed by atoms with Gasteiger partial charge in [-0.1, -0.05) is 12.1 Å². The predicted molar refractivity (Wildman–Crippen MR) is 92.9 cm³/mol. The fraction of sp³-hybridized carbons (Fsp3) is 0.263. The number of nitrogens with one attached hydrogen (secondary N) is 1. The van der Waals surface area contributed by atoms with Crippen molar-refractivity contribution in [2.75, 3.05) is 27.7 Å². The van der Waals surface area contributed by atoms with Gasteiger partial charge < -0.3 is 15.0 Å². The van der Waals surface area contributed by atoms with Gasteiger partial charge in [-0.3, -0.25) is 4.79 Å². The van der Waals surface area contributed by atoms with Crippen molar-refractivity contribution in [3.05, 3.63) is 65.0 Å². The summed E-state index contributed by atoms with van der Waals surface area (Å²) in [6.07, 6.45) is 0. The summed E-state index contributed by atoms with van der Waals surface area (Å²) < 4.78 is 18.6. The number of rotatable bonds is 6. The number of carbonyl (C=O) groups excluding carboxylic acids is 1. The number of likely N-dealkylation sites (N-methyl/N-ethyl adjacent to an activating group) is 1. The Morgan fingerprint density at radius 1 is 1.28 bits per heavy atom. The number of hydrogen-bond acceptors (Lipinski definition) is 4. The van der Waals surface area contributed by atoms with Gasteiger partial charge in [0.15, 0.2) is 0 Å². The summed E-state index contributed by atoms with van der Waals surface area (Å²) in [6.45, 7) is 0.588. The zero-order chi connectivity index (χ0) is 18.4. The molecule has 1 N–H and O–H groups in total. The molecule has 0 aliphatic heterocycles. The van der Waals surface area contributed by atoms with Crippen molar-refractivity contribution in [3.63, 3.8) is 0 Å². The third-order valence-electron chi connectivity index (χ3n) is 3.72. The second-order valence-corrected chi connectivity index (χ2v) is 5.87. The van der Waals surface area contributed by atoms with E-state index in [1.807, 2.05) is 43.3 Å². The van der Waals surface area contributed by atoms with Crippen molar-refractivity contribution in [3.8, 4) is 11.8 Å². The summed E-state index contributed by atoms with van der Waals surface area (Å²) in [5.74, 6) is -0.269. The van der Waals surface area contributed by atoms with E-state index in [2.05, 4.69) is 5.32 Å². The molecule has 0 fully saturated rings. The number of carbonyl (C=O) groups is 1. The lowest BCUT2D eigenvalue weighted by Gasteiger charge is -2.23. The SMILES string of the molecule is COc1ccc(C(CN(C)C)NC(=O)c2ccc(F)c(C#N)c2)cc1. The van der Waals surface area contributed by atoms with Crippen LogP contribution in [0.15, 0.2) is 42.5 Å². The fourth-order valence-electron chi connectivity index (χ4n) is 2.43. The maximum atomic E-state index is 13.4. The molecule has 2 rings (SSSR count). The van der Waals surface area contributed by atoms with Gasteiger partial charge in [0.2, 0.25) is 0 Å². The van der Waals surface area contributed by atoms with Gasteiger partial charge in [-0.05, 0) is 50.0 Å². The molecule has 0 aliphatic carbocycles. The Bertz CT molecular complexity index is 782. The summed E-state index contributed by atoms with van der Waals surface area (Å²) in [5.41, 5.74) is 1.02. The Hall–Kier alpha value is -2.91. The standard InChI is InChI=1S/C19H20FN3O2/c1-23(2)12-18(13-4-7-16(25-3)8-5-13)22-19(24)14-6-9-17(20)15(10-14)11-21/h4-10,18H,12H2,1-3H3,(H,22,24). The summed E-state index contributed by atoms with van der Waals surface area (Å²) >= 11 is 0. The maximum absolute atomic E-state index is 13.4. The number of halogens is 1. The van der Waals surface area contributed by atoms with E-state index >= 15 is 0 Å². The molecule has 0 aliphatic rings. The van der Waals surface area contributed by atoms with Gasteiger partial charge in [0, 0.05) is 12.1 Å². The van der Waals surface area contributed by atoms with Gasteiger partial charge in [0.1, 0.15) is 17.6 Å². The van der Waals surface area contributed by atoms with E-state index in [9.17, 15) is 9.18 Å². The van der Waals surface area contributed by atoms with Crippen molar-refractivity contribution in [1.29, 1.82) is 5.26 Å². The topological polar surface area (TPSA) is 65.4 Å².